The third kappa shape index (κ3) is 2.57. The Morgan fingerprint density at radius 3 is 3.10 bits per heavy atom. The molecule has 0 aliphatic rings. The van der Waals surface area contributed by atoms with Crippen molar-refractivity contribution in [2.45, 2.75) is 13.8 Å². The predicted octanol–water partition coefficient (Wildman–Crippen LogP) is 3.02. The highest BCUT2D eigenvalue weighted by Gasteiger charge is 2.13. The van der Waals surface area contributed by atoms with E-state index in [9.17, 15) is 4.79 Å². The van der Waals surface area contributed by atoms with E-state index in [0.717, 1.165) is 4.96 Å². The topological polar surface area (TPSA) is 71.9 Å². The van der Waals surface area contributed by atoms with Gasteiger partial charge in [0.2, 0.25) is 0 Å². The zero-order valence-electron chi connectivity index (χ0n) is 11.3. The van der Waals surface area contributed by atoms with Crippen molar-refractivity contribution in [3.05, 3.63) is 45.6 Å². The summed E-state index contributed by atoms with van der Waals surface area (Å²) in [7, 11) is 0. The lowest BCUT2D eigenvalue weighted by molar-refractivity contribution is 0.0953. The number of carbonyl (C=O) groups excluding carboxylic acids is 1. The second-order valence-electron chi connectivity index (χ2n) is 4.37. The first-order valence-electron chi connectivity index (χ1n) is 6.07. The number of aromatic nitrogens is 2. The lowest BCUT2D eigenvalue weighted by atomic mass is 10.2. The van der Waals surface area contributed by atoms with Gasteiger partial charge >= 0.3 is 0 Å². The molecule has 0 aromatic carbocycles. The van der Waals surface area contributed by atoms with Gasteiger partial charge < -0.3 is 4.42 Å². The Hall–Kier alpha value is -2.12. The molecule has 0 saturated heterocycles. The van der Waals surface area contributed by atoms with Crippen LogP contribution in [-0.2, 0) is 0 Å². The number of thiazole rings is 1. The van der Waals surface area contributed by atoms with Crippen molar-refractivity contribution in [2.24, 2.45) is 5.10 Å². The van der Waals surface area contributed by atoms with Crippen LogP contribution in [0, 0.1) is 13.8 Å². The molecule has 0 fully saturated rings. The van der Waals surface area contributed by atoms with Gasteiger partial charge in [0.05, 0.1) is 11.8 Å². The van der Waals surface area contributed by atoms with E-state index in [-0.39, 0.29) is 5.91 Å². The molecule has 1 N–H and O–H groups in total. The van der Waals surface area contributed by atoms with Crippen molar-refractivity contribution in [3.8, 4) is 0 Å². The molecule has 0 spiro atoms. The van der Waals surface area contributed by atoms with Crippen LogP contribution in [0.2, 0.25) is 5.15 Å². The Bertz CT molecular complexity index is 846. The molecule has 3 rings (SSSR count). The van der Waals surface area contributed by atoms with E-state index in [0.29, 0.717) is 27.9 Å². The number of amides is 1. The maximum atomic E-state index is 12.0. The standard InChI is InChI=1S/C13H11ClN4O2S/c1-7-5-9(8(2)20-7)12(19)17-15-6-10-11(14)16-13-18(10)3-4-21-13/h3-6H,1-2H3,(H,17,19)/b15-6-. The second-order valence-corrected chi connectivity index (χ2v) is 5.60. The average molecular weight is 323 g/mol. The van der Waals surface area contributed by atoms with Gasteiger partial charge in [0.25, 0.3) is 5.91 Å². The Balaban J connectivity index is 1.78. The monoisotopic (exact) mass is 322 g/mol. The fraction of sp³-hybridized carbons (Fsp3) is 0.154. The summed E-state index contributed by atoms with van der Waals surface area (Å²) in [6.07, 6.45) is 3.31. The molecule has 3 aromatic rings. The van der Waals surface area contributed by atoms with Gasteiger partial charge in [0.1, 0.15) is 17.2 Å². The van der Waals surface area contributed by atoms with E-state index in [1.165, 1.54) is 17.6 Å². The van der Waals surface area contributed by atoms with Crippen LogP contribution >= 0.6 is 22.9 Å². The van der Waals surface area contributed by atoms with Crippen molar-refractivity contribution in [2.75, 3.05) is 0 Å². The van der Waals surface area contributed by atoms with Crippen molar-refractivity contribution in [1.82, 2.24) is 14.8 Å². The lowest BCUT2D eigenvalue weighted by Crippen LogP contribution is -2.17. The molecule has 0 aliphatic heterocycles. The number of rotatable bonds is 3. The number of nitrogens with zero attached hydrogens (tertiary/aromatic N) is 3. The lowest BCUT2D eigenvalue weighted by Gasteiger charge is -1.97. The van der Waals surface area contributed by atoms with E-state index in [1.54, 1.807) is 24.3 Å². The highest BCUT2D eigenvalue weighted by molar-refractivity contribution is 7.15. The first kappa shape index (κ1) is 13.8. The molecule has 0 saturated carbocycles. The summed E-state index contributed by atoms with van der Waals surface area (Å²) in [5, 5.41) is 6.16. The van der Waals surface area contributed by atoms with Crippen LogP contribution in [0.25, 0.3) is 4.96 Å². The van der Waals surface area contributed by atoms with Crippen molar-refractivity contribution in [1.29, 1.82) is 0 Å². The first-order valence-corrected chi connectivity index (χ1v) is 7.33. The van der Waals surface area contributed by atoms with Gasteiger partial charge in [0, 0.05) is 11.6 Å². The molecule has 108 valence electrons. The van der Waals surface area contributed by atoms with Crippen molar-refractivity contribution in [3.63, 3.8) is 0 Å². The predicted molar refractivity (Wildman–Crippen MR) is 81.3 cm³/mol. The van der Waals surface area contributed by atoms with Crippen molar-refractivity contribution < 1.29 is 9.21 Å². The van der Waals surface area contributed by atoms with E-state index in [4.69, 9.17) is 16.0 Å². The number of fused-ring (bicyclic) bond motifs is 1. The number of imidazole rings is 1. The zero-order chi connectivity index (χ0) is 15.0. The SMILES string of the molecule is Cc1cc(C(=O)N/N=C\c2c(Cl)nc3sccn23)c(C)o1. The van der Waals surface area contributed by atoms with Gasteiger partial charge in [-0.25, -0.2) is 10.4 Å². The van der Waals surface area contributed by atoms with Gasteiger partial charge in [-0.05, 0) is 19.9 Å². The third-order valence-electron chi connectivity index (χ3n) is 2.89. The minimum absolute atomic E-state index is 0.331. The maximum absolute atomic E-state index is 12.0. The Morgan fingerprint density at radius 2 is 2.38 bits per heavy atom. The van der Waals surface area contributed by atoms with Gasteiger partial charge in [-0.1, -0.05) is 11.6 Å². The Kier molecular flexibility index (Phi) is 3.52. The molecule has 3 aromatic heterocycles. The molecule has 0 bridgehead atoms. The number of nitrogens with one attached hydrogen (secondary N) is 1. The van der Waals surface area contributed by atoms with E-state index in [1.807, 2.05) is 11.6 Å². The van der Waals surface area contributed by atoms with Gasteiger partial charge in [0.15, 0.2) is 10.1 Å². The molecule has 0 atom stereocenters. The van der Waals surface area contributed by atoms with E-state index >= 15 is 0 Å². The number of carbonyl (C=O) groups is 1. The third-order valence-corrected chi connectivity index (χ3v) is 3.93. The normalized spacial score (nSPS) is 11.6. The van der Waals surface area contributed by atoms with Crippen LogP contribution < -0.4 is 5.43 Å². The molecule has 1 amide bonds. The average Bonchev–Trinajstić information content (AvgIpc) is 3.07. The second kappa shape index (κ2) is 5.34. The molecule has 6 nitrogen and oxygen atoms in total. The van der Waals surface area contributed by atoms with E-state index < -0.39 is 0 Å². The molecular weight excluding hydrogens is 312 g/mol. The number of hydrogen-bond acceptors (Lipinski definition) is 5. The summed E-state index contributed by atoms with van der Waals surface area (Å²) in [5.41, 5.74) is 3.53. The van der Waals surface area contributed by atoms with Gasteiger partial charge in [-0.2, -0.15) is 5.10 Å². The fourth-order valence-corrected chi connectivity index (χ4v) is 2.95. The number of halogens is 1. The minimum Gasteiger partial charge on any atom is -0.466 e. The Labute approximate surface area is 129 Å². The van der Waals surface area contributed by atoms with Crippen LogP contribution in [0.5, 0.6) is 0 Å². The molecule has 21 heavy (non-hydrogen) atoms. The van der Waals surface area contributed by atoms with Gasteiger partial charge in [-0.3, -0.25) is 9.20 Å². The molecule has 0 radical (unpaired) electrons. The summed E-state index contributed by atoms with van der Waals surface area (Å²) in [6.45, 7) is 3.51. The fourth-order valence-electron chi connectivity index (χ4n) is 1.96. The smallest absolute Gasteiger partial charge is 0.274 e. The molecule has 8 heteroatoms. The summed E-state index contributed by atoms with van der Waals surface area (Å²) in [6, 6.07) is 1.67. The molecule has 3 heterocycles. The highest BCUT2D eigenvalue weighted by Crippen LogP contribution is 2.19. The first-order chi connectivity index (χ1) is 10.1. The summed E-state index contributed by atoms with van der Waals surface area (Å²) < 4.78 is 7.11. The maximum Gasteiger partial charge on any atom is 0.274 e. The summed E-state index contributed by atoms with van der Waals surface area (Å²) in [5.74, 6) is 0.908. The molecular formula is C13H11ClN4O2S. The molecule has 0 unspecified atom stereocenters. The zero-order valence-corrected chi connectivity index (χ0v) is 12.8. The van der Waals surface area contributed by atoms with Crippen molar-refractivity contribution >= 4 is 40.0 Å². The largest absolute Gasteiger partial charge is 0.466 e. The van der Waals surface area contributed by atoms with Crippen LogP contribution in [0.3, 0.4) is 0 Å². The molecule has 0 aliphatic carbocycles. The summed E-state index contributed by atoms with van der Waals surface area (Å²) in [4.78, 5) is 16.9. The number of furan rings is 1. The quantitative estimate of drug-likeness (QED) is 0.595. The number of hydrogen-bond donors (Lipinski definition) is 1. The summed E-state index contributed by atoms with van der Waals surface area (Å²) >= 11 is 7.50. The van der Waals surface area contributed by atoms with Crippen LogP contribution in [0.15, 0.2) is 27.2 Å². The Morgan fingerprint density at radius 1 is 1.57 bits per heavy atom. The van der Waals surface area contributed by atoms with Gasteiger partial charge in [-0.15, -0.1) is 11.3 Å². The number of aryl methyl sites for hydroxylation is 2. The van der Waals surface area contributed by atoms with E-state index in [2.05, 4.69) is 15.5 Å². The highest BCUT2D eigenvalue weighted by atomic mass is 35.5. The van der Waals surface area contributed by atoms with Crippen LogP contribution in [-0.4, -0.2) is 21.5 Å². The minimum atomic E-state index is -0.331. The number of hydrazone groups is 1. The van der Waals surface area contributed by atoms with Crippen LogP contribution in [0.4, 0.5) is 0 Å². The van der Waals surface area contributed by atoms with Crippen LogP contribution in [0.1, 0.15) is 27.6 Å².